The predicted molar refractivity (Wildman–Crippen MR) is 151 cm³/mol. The third-order valence-corrected chi connectivity index (χ3v) is 9.05. The summed E-state index contributed by atoms with van der Waals surface area (Å²) in [6, 6.07) is 12.7. The molecule has 7 nitrogen and oxygen atoms in total. The van der Waals surface area contributed by atoms with E-state index in [-0.39, 0.29) is 10.9 Å². The molecular weight excluding hydrogens is 535 g/mol. The van der Waals surface area contributed by atoms with Crippen LogP contribution in [0.25, 0.3) is 21.1 Å². The van der Waals surface area contributed by atoms with E-state index >= 15 is 0 Å². The molecule has 2 fully saturated rings. The maximum Gasteiger partial charge on any atom is 0.393 e. The number of nitriles is 1. The van der Waals surface area contributed by atoms with E-state index in [4.69, 9.17) is 0 Å². The first-order valence-corrected chi connectivity index (χ1v) is 14.7. The number of hydrogen-bond donors (Lipinski definition) is 1. The Hall–Kier alpha value is -3.20. The van der Waals surface area contributed by atoms with Crippen molar-refractivity contribution in [3.63, 3.8) is 0 Å². The highest BCUT2D eigenvalue weighted by Crippen LogP contribution is 2.33. The number of nitrogens with zero attached hydrogens (tertiary/aromatic N) is 6. The van der Waals surface area contributed by atoms with Crippen molar-refractivity contribution in [3.8, 4) is 6.07 Å². The predicted octanol–water partition coefficient (Wildman–Crippen LogP) is 5.79. The van der Waals surface area contributed by atoms with Gasteiger partial charge >= 0.3 is 6.18 Å². The summed E-state index contributed by atoms with van der Waals surface area (Å²) in [6.07, 6.45) is 0.588. The Kier molecular flexibility index (Phi) is 7.66. The van der Waals surface area contributed by atoms with Gasteiger partial charge in [0.2, 0.25) is 0 Å². The van der Waals surface area contributed by atoms with Crippen LogP contribution in [0.5, 0.6) is 0 Å². The van der Waals surface area contributed by atoms with Crippen LogP contribution >= 0.6 is 11.3 Å². The topological polar surface area (TPSA) is 73.0 Å². The summed E-state index contributed by atoms with van der Waals surface area (Å²) in [4.78, 5) is 14.2. The van der Waals surface area contributed by atoms with Crippen LogP contribution in [0.1, 0.15) is 41.8 Å². The van der Waals surface area contributed by atoms with E-state index < -0.39 is 12.6 Å². The van der Waals surface area contributed by atoms with Gasteiger partial charge in [-0.25, -0.2) is 9.97 Å². The van der Waals surface area contributed by atoms with Crippen LogP contribution in [0.3, 0.4) is 0 Å². The first kappa shape index (κ1) is 27.0. The van der Waals surface area contributed by atoms with Crippen molar-refractivity contribution < 1.29 is 13.2 Å². The fraction of sp³-hybridized carbons (Fsp3) is 0.483. The van der Waals surface area contributed by atoms with Crippen molar-refractivity contribution in [2.45, 2.75) is 57.4 Å². The zero-order valence-electron chi connectivity index (χ0n) is 22.3. The van der Waals surface area contributed by atoms with Gasteiger partial charge in [-0.15, -0.1) is 11.3 Å². The van der Waals surface area contributed by atoms with Gasteiger partial charge in [0.1, 0.15) is 28.7 Å². The molecule has 0 saturated carbocycles. The van der Waals surface area contributed by atoms with Gasteiger partial charge in [-0.05, 0) is 68.6 Å². The normalized spacial score (nSPS) is 17.6. The second kappa shape index (κ2) is 11.4. The van der Waals surface area contributed by atoms with Gasteiger partial charge in [0.25, 0.3) is 0 Å². The zero-order valence-corrected chi connectivity index (χ0v) is 23.1. The SMILES string of the molecule is N#Cc1cc2cc(CN3CCC(Nc4ncnc5sc(CC(F)(F)F)cc45)CC3)ccc2n1CCN1CCCC1. The Balaban J connectivity index is 1.07. The quantitative estimate of drug-likeness (QED) is 0.290. The Morgan fingerprint density at radius 1 is 1.00 bits per heavy atom. The molecule has 2 saturated heterocycles. The maximum absolute atomic E-state index is 12.9. The van der Waals surface area contributed by atoms with Gasteiger partial charge in [0, 0.05) is 54.5 Å². The number of likely N-dealkylation sites (tertiary alicyclic amines) is 2. The standard InChI is InChI=1S/C29H32F3N7S/c30-29(31,32)16-24-15-25-27(34-19-35-28(25)40-24)36-22-5-9-38(10-6-22)18-20-3-4-26-21(13-20)14-23(17-33)39(26)12-11-37-7-1-2-8-37/h3-4,13-15,19,22H,1-2,5-12,16,18H2,(H,34,35,36). The Morgan fingerprint density at radius 2 is 1.80 bits per heavy atom. The molecule has 2 aliphatic heterocycles. The number of alkyl halides is 3. The lowest BCUT2D eigenvalue weighted by Crippen LogP contribution is -2.38. The van der Waals surface area contributed by atoms with Gasteiger partial charge in [0.15, 0.2) is 0 Å². The highest BCUT2D eigenvalue weighted by molar-refractivity contribution is 7.18. The van der Waals surface area contributed by atoms with E-state index in [0.29, 0.717) is 21.7 Å². The first-order chi connectivity index (χ1) is 19.3. The molecule has 0 radical (unpaired) electrons. The second-order valence-electron chi connectivity index (χ2n) is 10.9. The largest absolute Gasteiger partial charge is 0.393 e. The smallest absolute Gasteiger partial charge is 0.367 e. The van der Waals surface area contributed by atoms with Crippen LogP contribution in [0, 0.1) is 11.3 Å². The fourth-order valence-corrected chi connectivity index (χ4v) is 7.02. The van der Waals surface area contributed by atoms with E-state index in [1.807, 2.05) is 6.07 Å². The van der Waals surface area contributed by atoms with Gasteiger partial charge in [-0.2, -0.15) is 18.4 Å². The number of benzene rings is 1. The molecule has 4 aromatic rings. The third kappa shape index (κ3) is 6.09. The Morgan fingerprint density at radius 3 is 2.55 bits per heavy atom. The van der Waals surface area contributed by atoms with Crippen molar-refractivity contribution in [1.29, 1.82) is 5.26 Å². The van der Waals surface area contributed by atoms with Crippen molar-refractivity contribution in [2.75, 3.05) is 38.0 Å². The molecular formula is C29H32F3N7S. The highest BCUT2D eigenvalue weighted by Gasteiger charge is 2.29. The van der Waals surface area contributed by atoms with Gasteiger partial charge in [0.05, 0.1) is 11.8 Å². The van der Waals surface area contributed by atoms with Crippen molar-refractivity contribution in [2.24, 2.45) is 0 Å². The number of hydrogen-bond acceptors (Lipinski definition) is 7. The molecule has 40 heavy (non-hydrogen) atoms. The van der Waals surface area contributed by atoms with Crippen LogP contribution in [-0.2, 0) is 19.5 Å². The average Bonchev–Trinajstić information content (AvgIpc) is 3.66. The molecule has 6 rings (SSSR count). The molecule has 3 aromatic heterocycles. The van der Waals surface area contributed by atoms with E-state index in [0.717, 1.165) is 80.9 Å². The molecule has 0 aliphatic carbocycles. The molecule has 0 spiro atoms. The van der Waals surface area contributed by atoms with Gasteiger partial charge in [-0.1, -0.05) is 6.07 Å². The average molecular weight is 568 g/mol. The van der Waals surface area contributed by atoms with Crippen LogP contribution in [0.15, 0.2) is 36.7 Å². The minimum Gasteiger partial charge on any atom is -0.367 e. The summed E-state index contributed by atoms with van der Waals surface area (Å²) < 4.78 is 40.8. The maximum atomic E-state index is 12.9. The second-order valence-corrected chi connectivity index (χ2v) is 12.0. The van der Waals surface area contributed by atoms with E-state index in [1.165, 1.54) is 24.7 Å². The van der Waals surface area contributed by atoms with Crippen LogP contribution in [0.2, 0.25) is 0 Å². The van der Waals surface area contributed by atoms with E-state index in [9.17, 15) is 18.4 Å². The zero-order chi connectivity index (χ0) is 27.7. The summed E-state index contributed by atoms with van der Waals surface area (Å²) in [5.41, 5.74) is 3.06. The number of anilines is 1. The minimum absolute atomic E-state index is 0.200. The monoisotopic (exact) mass is 567 g/mol. The van der Waals surface area contributed by atoms with E-state index in [1.54, 1.807) is 6.07 Å². The minimum atomic E-state index is -4.24. The summed E-state index contributed by atoms with van der Waals surface area (Å²) in [6.45, 7) is 6.77. The van der Waals surface area contributed by atoms with E-state index in [2.05, 4.69) is 53.9 Å². The Bertz CT molecular complexity index is 1520. The molecule has 0 bridgehead atoms. The summed E-state index contributed by atoms with van der Waals surface area (Å²) in [5, 5.41) is 15.0. The fourth-order valence-electron chi connectivity index (χ4n) is 5.99. The number of piperidine rings is 1. The molecule has 5 heterocycles. The number of aromatic nitrogens is 3. The number of nitrogens with one attached hydrogen (secondary N) is 1. The molecule has 2 aliphatic rings. The summed E-state index contributed by atoms with van der Waals surface area (Å²) in [7, 11) is 0. The highest BCUT2D eigenvalue weighted by atomic mass is 32.1. The number of halogens is 3. The van der Waals surface area contributed by atoms with Crippen molar-refractivity contribution >= 4 is 38.3 Å². The van der Waals surface area contributed by atoms with Gasteiger partial charge in [-0.3, -0.25) is 4.90 Å². The number of thiophene rings is 1. The lowest BCUT2D eigenvalue weighted by molar-refractivity contribution is -0.126. The molecule has 1 N–H and O–H groups in total. The first-order valence-electron chi connectivity index (χ1n) is 13.9. The Labute approximate surface area is 235 Å². The molecule has 11 heteroatoms. The number of rotatable bonds is 8. The lowest BCUT2D eigenvalue weighted by Gasteiger charge is -2.32. The molecule has 0 atom stereocenters. The number of fused-ring (bicyclic) bond motifs is 2. The molecule has 1 aromatic carbocycles. The van der Waals surface area contributed by atoms with Crippen molar-refractivity contribution in [3.05, 3.63) is 52.8 Å². The molecule has 210 valence electrons. The molecule has 0 amide bonds. The van der Waals surface area contributed by atoms with Crippen LogP contribution in [0.4, 0.5) is 19.0 Å². The molecule has 0 unspecified atom stereocenters. The van der Waals surface area contributed by atoms with Gasteiger partial charge < -0.3 is 14.8 Å². The summed E-state index contributed by atoms with van der Waals surface area (Å²) in [5.74, 6) is 0.612. The van der Waals surface area contributed by atoms with Crippen molar-refractivity contribution in [1.82, 2.24) is 24.3 Å². The summed E-state index contributed by atoms with van der Waals surface area (Å²) >= 11 is 1.07. The van der Waals surface area contributed by atoms with Crippen LogP contribution in [-0.4, -0.2) is 69.3 Å². The lowest BCUT2D eigenvalue weighted by atomic mass is 10.0. The third-order valence-electron chi connectivity index (χ3n) is 8.01. The van der Waals surface area contributed by atoms with Crippen LogP contribution < -0.4 is 5.32 Å².